The van der Waals surface area contributed by atoms with E-state index >= 15 is 0 Å². The number of allylic oxidation sites excluding steroid dienone is 1. The Morgan fingerprint density at radius 2 is 1.74 bits per heavy atom. The highest BCUT2D eigenvalue weighted by molar-refractivity contribution is 5.67. The van der Waals surface area contributed by atoms with Crippen molar-refractivity contribution in [1.29, 1.82) is 0 Å². The van der Waals surface area contributed by atoms with Crippen molar-refractivity contribution in [2.45, 2.75) is 52.7 Å². The fourth-order valence-electron chi connectivity index (χ4n) is 3.73. The topological polar surface area (TPSA) is 32.7 Å². The van der Waals surface area contributed by atoms with Crippen LogP contribution in [-0.2, 0) is 17.6 Å². The third kappa shape index (κ3) is 8.10. The molecule has 0 aliphatic rings. The fourth-order valence-corrected chi connectivity index (χ4v) is 3.73. The van der Waals surface area contributed by atoms with Crippen molar-refractivity contribution < 1.29 is 9.84 Å². The summed E-state index contributed by atoms with van der Waals surface area (Å²) in [5.74, 6) is 0. The first-order valence-electron chi connectivity index (χ1n) is 11.5. The summed E-state index contributed by atoms with van der Waals surface area (Å²) in [6.07, 6.45) is 4.92. The van der Waals surface area contributed by atoms with Crippen LogP contribution in [0.15, 0.2) is 67.3 Å². The Morgan fingerprint density at radius 3 is 2.35 bits per heavy atom. The smallest absolute Gasteiger partial charge is 0.178 e. The quantitative estimate of drug-likeness (QED) is 0.233. The zero-order valence-electron chi connectivity index (χ0n) is 19.6. The lowest BCUT2D eigenvalue weighted by Crippen LogP contribution is -2.30. The molecule has 0 saturated heterocycles. The summed E-state index contributed by atoms with van der Waals surface area (Å²) >= 11 is 0. The number of ether oxygens (including phenoxy) is 1. The van der Waals surface area contributed by atoms with E-state index in [-0.39, 0.29) is 0 Å². The Kier molecular flexibility index (Phi) is 10.7. The van der Waals surface area contributed by atoms with Gasteiger partial charge in [-0.1, -0.05) is 69.0 Å². The van der Waals surface area contributed by atoms with Gasteiger partial charge in [0.05, 0.1) is 6.61 Å². The van der Waals surface area contributed by atoms with Crippen molar-refractivity contribution in [3.63, 3.8) is 0 Å². The molecule has 0 aromatic heterocycles. The van der Waals surface area contributed by atoms with Crippen LogP contribution >= 0.6 is 0 Å². The maximum Gasteiger partial charge on any atom is 0.178 e. The molecule has 3 heteroatoms. The van der Waals surface area contributed by atoms with E-state index in [0.717, 1.165) is 44.3 Å². The molecule has 1 unspecified atom stereocenters. The van der Waals surface area contributed by atoms with Crippen LogP contribution in [0.3, 0.4) is 0 Å². The van der Waals surface area contributed by atoms with Gasteiger partial charge in [-0.05, 0) is 79.1 Å². The number of aryl methyl sites for hydroxylation is 3. The van der Waals surface area contributed by atoms with Crippen LogP contribution in [0, 0.1) is 6.92 Å². The summed E-state index contributed by atoms with van der Waals surface area (Å²) < 4.78 is 5.60. The van der Waals surface area contributed by atoms with Crippen molar-refractivity contribution >= 4 is 0 Å². The number of aliphatic hydroxyl groups is 1. The van der Waals surface area contributed by atoms with Crippen LogP contribution in [-0.4, -0.2) is 42.5 Å². The van der Waals surface area contributed by atoms with Gasteiger partial charge in [-0.2, -0.15) is 0 Å². The molecule has 1 atom stereocenters. The molecular formula is C28H39NO2. The highest BCUT2D eigenvalue weighted by atomic mass is 16.6. The van der Waals surface area contributed by atoms with E-state index in [2.05, 4.69) is 81.3 Å². The zero-order chi connectivity index (χ0) is 22.6. The van der Waals surface area contributed by atoms with E-state index in [1.165, 1.54) is 27.8 Å². The fraction of sp³-hybridized carbons (Fsp3) is 0.429. The molecule has 0 aliphatic heterocycles. The molecule has 168 valence electrons. The van der Waals surface area contributed by atoms with Gasteiger partial charge < -0.3 is 9.84 Å². The summed E-state index contributed by atoms with van der Waals surface area (Å²) in [5, 5.41) is 10.2. The van der Waals surface area contributed by atoms with E-state index in [4.69, 9.17) is 4.74 Å². The van der Waals surface area contributed by atoms with E-state index in [1.54, 1.807) is 0 Å². The summed E-state index contributed by atoms with van der Waals surface area (Å²) in [6.45, 7) is 17.2. The van der Waals surface area contributed by atoms with Crippen LogP contribution in [0.4, 0.5) is 0 Å². The second kappa shape index (κ2) is 13.3. The van der Waals surface area contributed by atoms with Gasteiger partial charge in [0, 0.05) is 6.54 Å². The molecule has 0 radical (unpaired) electrons. The first-order valence-corrected chi connectivity index (χ1v) is 11.5. The Bertz CT molecular complexity index is 821. The van der Waals surface area contributed by atoms with Crippen LogP contribution in [0.1, 0.15) is 43.4 Å². The average molecular weight is 422 g/mol. The number of hydrogen-bond acceptors (Lipinski definition) is 3. The molecule has 1 N–H and O–H groups in total. The molecule has 3 nitrogen and oxygen atoms in total. The number of nitrogens with zero attached hydrogens (tertiary/aromatic N) is 1. The lowest BCUT2D eigenvalue weighted by molar-refractivity contribution is -0.0754. The highest BCUT2D eigenvalue weighted by Gasteiger charge is 2.12. The summed E-state index contributed by atoms with van der Waals surface area (Å²) in [5.41, 5.74) is 7.18. The molecule has 0 spiro atoms. The number of aliphatic hydroxyl groups excluding tert-OH is 1. The molecule has 2 aromatic rings. The van der Waals surface area contributed by atoms with Crippen molar-refractivity contribution in [2.24, 2.45) is 0 Å². The molecule has 0 fully saturated rings. The molecule has 0 amide bonds. The standard InChI is InChI=1S/C28H39NO2/c1-6-9-11-24-13-16-26(17-14-24)27-18-15-25(20-22(27)4)12-10-19-31-28(30)23(5)21-29(7-2)8-3/h6,13-18,20,28,30H,1,5,7-12,19,21H2,2-4H3. The van der Waals surface area contributed by atoms with Crippen LogP contribution in [0.2, 0.25) is 0 Å². The zero-order valence-corrected chi connectivity index (χ0v) is 19.6. The first-order chi connectivity index (χ1) is 15.0. The Hall–Kier alpha value is -2.20. The Morgan fingerprint density at radius 1 is 1.06 bits per heavy atom. The van der Waals surface area contributed by atoms with Crippen molar-refractivity contribution in [3.05, 3.63) is 84.0 Å². The normalized spacial score (nSPS) is 12.2. The summed E-state index contributed by atoms with van der Waals surface area (Å²) in [7, 11) is 0. The third-order valence-corrected chi connectivity index (χ3v) is 5.75. The number of hydrogen-bond donors (Lipinski definition) is 1. The second-order valence-corrected chi connectivity index (χ2v) is 8.12. The van der Waals surface area contributed by atoms with Crippen LogP contribution < -0.4 is 0 Å². The number of likely N-dealkylation sites (N-methyl/N-ethyl adjacent to an activating group) is 1. The summed E-state index contributed by atoms with van der Waals surface area (Å²) in [4.78, 5) is 2.22. The van der Waals surface area contributed by atoms with Gasteiger partial charge in [0.15, 0.2) is 6.29 Å². The minimum absolute atomic E-state index is 0.519. The molecule has 2 rings (SSSR count). The lowest BCUT2D eigenvalue weighted by atomic mass is 9.96. The Labute approximate surface area is 189 Å². The average Bonchev–Trinajstić information content (AvgIpc) is 2.79. The van der Waals surface area contributed by atoms with Gasteiger partial charge in [0.1, 0.15) is 0 Å². The Balaban J connectivity index is 1.83. The van der Waals surface area contributed by atoms with Gasteiger partial charge >= 0.3 is 0 Å². The van der Waals surface area contributed by atoms with E-state index in [1.807, 2.05) is 6.08 Å². The molecule has 0 saturated carbocycles. The van der Waals surface area contributed by atoms with Gasteiger partial charge in [-0.15, -0.1) is 6.58 Å². The van der Waals surface area contributed by atoms with Crippen molar-refractivity contribution in [3.8, 4) is 11.1 Å². The largest absolute Gasteiger partial charge is 0.364 e. The SMILES string of the molecule is C=CCCc1ccc(-c2ccc(CCCOC(O)C(=C)CN(CC)CC)cc2C)cc1. The second-order valence-electron chi connectivity index (χ2n) is 8.12. The highest BCUT2D eigenvalue weighted by Crippen LogP contribution is 2.25. The lowest BCUT2D eigenvalue weighted by Gasteiger charge is -2.22. The van der Waals surface area contributed by atoms with Gasteiger partial charge in [-0.3, -0.25) is 4.90 Å². The molecule has 2 aromatic carbocycles. The van der Waals surface area contributed by atoms with Gasteiger partial charge in [0.25, 0.3) is 0 Å². The minimum Gasteiger partial charge on any atom is -0.364 e. The van der Waals surface area contributed by atoms with E-state index in [9.17, 15) is 5.11 Å². The molecule has 0 heterocycles. The molecule has 0 bridgehead atoms. The van der Waals surface area contributed by atoms with Crippen molar-refractivity contribution in [2.75, 3.05) is 26.2 Å². The van der Waals surface area contributed by atoms with Crippen molar-refractivity contribution in [1.82, 2.24) is 4.90 Å². The maximum atomic E-state index is 10.2. The predicted octanol–water partition coefficient (Wildman–Crippen LogP) is 5.95. The van der Waals surface area contributed by atoms with Crippen LogP contribution in [0.25, 0.3) is 11.1 Å². The monoisotopic (exact) mass is 421 g/mol. The maximum absolute atomic E-state index is 10.2. The van der Waals surface area contributed by atoms with Crippen LogP contribution in [0.5, 0.6) is 0 Å². The predicted molar refractivity (Wildman–Crippen MR) is 132 cm³/mol. The molecular weight excluding hydrogens is 382 g/mol. The minimum atomic E-state index is -0.890. The summed E-state index contributed by atoms with van der Waals surface area (Å²) in [6, 6.07) is 15.5. The number of rotatable bonds is 14. The van der Waals surface area contributed by atoms with Gasteiger partial charge in [0.2, 0.25) is 0 Å². The van der Waals surface area contributed by atoms with E-state index < -0.39 is 6.29 Å². The first kappa shape index (κ1) is 25.1. The molecule has 31 heavy (non-hydrogen) atoms. The third-order valence-electron chi connectivity index (χ3n) is 5.75. The van der Waals surface area contributed by atoms with Gasteiger partial charge in [-0.25, -0.2) is 0 Å². The van der Waals surface area contributed by atoms with E-state index in [0.29, 0.717) is 13.2 Å². The molecule has 0 aliphatic carbocycles. The number of benzene rings is 2.